The van der Waals surface area contributed by atoms with Gasteiger partial charge in [-0.25, -0.2) is 4.68 Å². The van der Waals surface area contributed by atoms with Crippen LogP contribution in [-0.2, 0) is 36.9 Å². The molecule has 1 atom stereocenters. The fraction of sp³-hybridized carbons (Fsp3) is 0.435. The first-order valence-electron chi connectivity index (χ1n) is 11.7. The number of hydrogen-bond donors (Lipinski definition) is 3. The number of benzene rings is 1. The van der Waals surface area contributed by atoms with Crippen LogP contribution in [0.15, 0.2) is 24.4 Å². The lowest BCUT2D eigenvalue weighted by molar-refractivity contribution is -0.138. The quantitative estimate of drug-likeness (QED) is 0.238. The maximum Gasteiger partial charge on any atom is 0.305 e. The SMILES string of the molecule is O=C(O)CCOCCOCCn1cc(CNc2cccc3c2C(=O)N(C2CCC(=O)NC2=O)C3=O)nn1. The van der Waals surface area contributed by atoms with Crippen molar-refractivity contribution in [3.05, 3.63) is 41.2 Å². The van der Waals surface area contributed by atoms with Crippen molar-refractivity contribution in [1.29, 1.82) is 0 Å². The van der Waals surface area contributed by atoms with Crippen LogP contribution in [0.1, 0.15) is 45.7 Å². The van der Waals surface area contributed by atoms with Gasteiger partial charge in [0.25, 0.3) is 11.8 Å². The number of carbonyl (C=O) groups is 5. The number of amides is 4. The third kappa shape index (κ3) is 6.16. The summed E-state index contributed by atoms with van der Waals surface area (Å²) in [5, 5.41) is 21.9. The monoisotopic (exact) mass is 514 g/mol. The lowest BCUT2D eigenvalue weighted by Crippen LogP contribution is -2.54. The van der Waals surface area contributed by atoms with E-state index in [4.69, 9.17) is 14.6 Å². The van der Waals surface area contributed by atoms with Crippen molar-refractivity contribution in [2.45, 2.75) is 38.4 Å². The zero-order chi connectivity index (χ0) is 26.4. The van der Waals surface area contributed by atoms with Gasteiger partial charge in [-0.3, -0.25) is 34.2 Å². The summed E-state index contributed by atoms with van der Waals surface area (Å²) in [6.45, 7) is 1.79. The maximum absolute atomic E-state index is 13.1. The number of carbonyl (C=O) groups excluding carboxylic acids is 4. The molecule has 1 unspecified atom stereocenters. The van der Waals surface area contributed by atoms with Crippen molar-refractivity contribution in [1.82, 2.24) is 25.2 Å². The number of carboxylic acids is 1. The number of anilines is 1. The lowest BCUT2D eigenvalue weighted by atomic mass is 10.0. The van der Waals surface area contributed by atoms with E-state index in [1.54, 1.807) is 23.0 Å². The van der Waals surface area contributed by atoms with Crippen molar-refractivity contribution in [2.24, 2.45) is 0 Å². The van der Waals surface area contributed by atoms with Crippen LogP contribution in [0.3, 0.4) is 0 Å². The average Bonchev–Trinajstić information content (AvgIpc) is 3.42. The van der Waals surface area contributed by atoms with E-state index >= 15 is 0 Å². The van der Waals surface area contributed by atoms with Crippen LogP contribution in [0.2, 0.25) is 0 Å². The number of aromatic nitrogens is 3. The number of nitrogens with one attached hydrogen (secondary N) is 2. The molecule has 4 amide bonds. The molecule has 37 heavy (non-hydrogen) atoms. The molecule has 1 aromatic carbocycles. The molecule has 4 rings (SSSR count). The summed E-state index contributed by atoms with van der Waals surface area (Å²) in [6.07, 6.45) is 1.80. The summed E-state index contributed by atoms with van der Waals surface area (Å²) >= 11 is 0. The minimum Gasteiger partial charge on any atom is -0.481 e. The Balaban J connectivity index is 1.28. The van der Waals surface area contributed by atoms with E-state index in [1.807, 2.05) is 0 Å². The Labute approximate surface area is 210 Å². The number of aliphatic carboxylic acids is 1. The molecule has 2 aliphatic rings. The second kappa shape index (κ2) is 11.7. The molecule has 3 N–H and O–H groups in total. The summed E-state index contributed by atoms with van der Waals surface area (Å²) in [4.78, 5) is 61.1. The van der Waals surface area contributed by atoms with Crippen molar-refractivity contribution >= 4 is 35.3 Å². The first-order valence-corrected chi connectivity index (χ1v) is 11.7. The van der Waals surface area contributed by atoms with E-state index in [2.05, 4.69) is 20.9 Å². The molecule has 0 radical (unpaired) electrons. The Morgan fingerprint density at radius 2 is 1.89 bits per heavy atom. The molecule has 196 valence electrons. The molecule has 1 aromatic heterocycles. The minimum absolute atomic E-state index is 0.0515. The number of ether oxygens (including phenoxy) is 2. The standard InChI is InChI=1S/C23H26N6O8/c30-18-5-4-17(21(33)25-18)29-22(34)15-2-1-3-16(20(15)23(29)35)24-12-14-13-28(27-26-14)7-9-37-11-10-36-8-6-19(31)32/h1-3,13,17,24H,4-12H2,(H,31,32)(H,25,30,33). The van der Waals surface area contributed by atoms with Gasteiger partial charge in [0.15, 0.2) is 0 Å². The number of fused-ring (bicyclic) bond motifs is 1. The van der Waals surface area contributed by atoms with Gasteiger partial charge < -0.3 is 19.9 Å². The molecule has 0 spiro atoms. The number of nitrogens with zero attached hydrogens (tertiary/aromatic N) is 4. The van der Waals surface area contributed by atoms with E-state index < -0.39 is 35.6 Å². The Morgan fingerprint density at radius 1 is 1.11 bits per heavy atom. The molecule has 0 bridgehead atoms. The highest BCUT2D eigenvalue weighted by molar-refractivity contribution is 6.25. The fourth-order valence-corrected chi connectivity index (χ4v) is 4.02. The van der Waals surface area contributed by atoms with Gasteiger partial charge in [0, 0.05) is 12.1 Å². The predicted octanol–water partition coefficient (Wildman–Crippen LogP) is -0.201. The second-order valence-electron chi connectivity index (χ2n) is 8.37. The summed E-state index contributed by atoms with van der Waals surface area (Å²) in [7, 11) is 0. The van der Waals surface area contributed by atoms with Gasteiger partial charge in [-0.15, -0.1) is 5.10 Å². The highest BCUT2D eigenvalue weighted by Gasteiger charge is 2.45. The predicted molar refractivity (Wildman–Crippen MR) is 124 cm³/mol. The Bertz CT molecular complexity index is 1210. The van der Waals surface area contributed by atoms with Gasteiger partial charge in [-0.1, -0.05) is 11.3 Å². The molecule has 0 saturated carbocycles. The number of hydrogen-bond acceptors (Lipinski definition) is 10. The average molecular weight is 514 g/mol. The van der Waals surface area contributed by atoms with Crippen LogP contribution in [-0.4, -0.2) is 87.1 Å². The van der Waals surface area contributed by atoms with E-state index in [-0.39, 0.29) is 43.5 Å². The molecule has 14 heteroatoms. The Kier molecular flexibility index (Phi) is 8.20. The first kappa shape index (κ1) is 25.9. The van der Waals surface area contributed by atoms with Crippen LogP contribution in [0.25, 0.3) is 0 Å². The van der Waals surface area contributed by atoms with Crippen molar-refractivity contribution in [3.8, 4) is 0 Å². The number of carboxylic acid groups (broad SMARTS) is 1. The highest BCUT2D eigenvalue weighted by Crippen LogP contribution is 2.32. The zero-order valence-electron chi connectivity index (χ0n) is 19.8. The van der Waals surface area contributed by atoms with E-state index in [9.17, 15) is 24.0 Å². The molecule has 1 fully saturated rings. The van der Waals surface area contributed by atoms with Crippen LogP contribution in [0.4, 0.5) is 5.69 Å². The first-order chi connectivity index (χ1) is 17.8. The third-order valence-corrected chi connectivity index (χ3v) is 5.81. The zero-order valence-corrected chi connectivity index (χ0v) is 19.8. The van der Waals surface area contributed by atoms with Crippen molar-refractivity contribution in [2.75, 3.05) is 31.7 Å². The van der Waals surface area contributed by atoms with Crippen LogP contribution in [0, 0.1) is 0 Å². The van der Waals surface area contributed by atoms with Crippen LogP contribution < -0.4 is 10.6 Å². The minimum atomic E-state index is -1.03. The molecular formula is C23H26N6O8. The smallest absolute Gasteiger partial charge is 0.305 e. The molecule has 2 aliphatic heterocycles. The van der Waals surface area contributed by atoms with E-state index in [1.165, 1.54) is 6.07 Å². The Hall–Kier alpha value is -4.17. The molecule has 0 aliphatic carbocycles. The molecule has 2 aromatic rings. The summed E-state index contributed by atoms with van der Waals surface area (Å²) in [5.41, 5.74) is 1.37. The van der Waals surface area contributed by atoms with Gasteiger partial charge in [0.1, 0.15) is 11.7 Å². The largest absolute Gasteiger partial charge is 0.481 e. The van der Waals surface area contributed by atoms with E-state index in [0.717, 1.165) is 4.90 Å². The lowest BCUT2D eigenvalue weighted by Gasteiger charge is -2.27. The van der Waals surface area contributed by atoms with E-state index in [0.29, 0.717) is 37.7 Å². The van der Waals surface area contributed by atoms with Crippen LogP contribution in [0.5, 0.6) is 0 Å². The molecule has 3 heterocycles. The Morgan fingerprint density at radius 3 is 2.65 bits per heavy atom. The topological polar surface area (TPSA) is 182 Å². The van der Waals surface area contributed by atoms with Crippen molar-refractivity contribution in [3.63, 3.8) is 0 Å². The second-order valence-corrected chi connectivity index (χ2v) is 8.37. The fourth-order valence-electron chi connectivity index (χ4n) is 4.02. The summed E-state index contributed by atoms with van der Waals surface area (Å²) in [5.74, 6) is -3.17. The van der Waals surface area contributed by atoms with Gasteiger partial charge in [-0.2, -0.15) is 0 Å². The van der Waals surface area contributed by atoms with Crippen LogP contribution >= 0.6 is 0 Å². The van der Waals surface area contributed by atoms with Crippen molar-refractivity contribution < 1.29 is 38.6 Å². The normalized spacial score (nSPS) is 17.2. The number of imide groups is 2. The highest BCUT2D eigenvalue weighted by atomic mass is 16.5. The van der Waals surface area contributed by atoms with Gasteiger partial charge >= 0.3 is 5.97 Å². The van der Waals surface area contributed by atoms with Gasteiger partial charge in [0.05, 0.1) is 63.3 Å². The molecule has 1 saturated heterocycles. The molecular weight excluding hydrogens is 488 g/mol. The third-order valence-electron chi connectivity index (χ3n) is 5.81. The van der Waals surface area contributed by atoms with Gasteiger partial charge in [0.2, 0.25) is 11.8 Å². The summed E-state index contributed by atoms with van der Waals surface area (Å²) in [6, 6.07) is 3.80. The van der Waals surface area contributed by atoms with Gasteiger partial charge in [-0.05, 0) is 18.6 Å². The summed E-state index contributed by atoms with van der Waals surface area (Å²) < 4.78 is 12.2. The number of rotatable bonds is 13. The maximum atomic E-state index is 13.1. The molecule has 14 nitrogen and oxygen atoms in total. The number of piperidine rings is 1.